The Morgan fingerprint density at radius 2 is 1.88 bits per heavy atom. The Labute approximate surface area is 194 Å². The van der Waals surface area contributed by atoms with Gasteiger partial charge >= 0.3 is 0 Å². The number of fused-ring (bicyclic) bond motifs is 1. The van der Waals surface area contributed by atoms with Gasteiger partial charge in [0.05, 0.1) is 17.5 Å². The number of nitro groups is 1. The Morgan fingerprint density at radius 3 is 2.59 bits per heavy atom. The van der Waals surface area contributed by atoms with Crippen LogP contribution >= 0.6 is 15.9 Å². The maximum absolute atomic E-state index is 11.5. The van der Waals surface area contributed by atoms with Crippen LogP contribution in [0.25, 0.3) is 10.9 Å². The summed E-state index contributed by atoms with van der Waals surface area (Å²) < 4.78 is 12.3. The zero-order valence-electron chi connectivity index (χ0n) is 17.8. The summed E-state index contributed by atoms with van der Waals surface area (Å²) in [6.45, 7) is 2.19. The van der Waals surface area contributed by atoms with E-state index >= 15 is 0 Å². The highest BCUT2D eigenvalue weighted by molar-refractivity contribution is 9.10. The van der Waals surface area contributed by atoms with Crippen molar-refractivity contribution in [1.29, 1.82) is 0 Å². The lowest BCUT2D eigenvalue weighted by Gasteiger charge is -2.18. The van der Waals surface area contributed by atoms with Crippen LogP contribution in [0.15, 0.2) is 71.3 Å². The number of aryl methyl sites for hydroxylation is 1. The van der Waals surface area contributed by atoms with Gasteiger partial charge in [-0.1, -0.05) is 48.0 Å². The zero-order valence-corrected chi connectivity index (χ0v) is 19.4. The molecule has 0 aliphatic carbocycles. The summed E-state index contributed by atoms with van der Waals surface area (Å²) in [6.07, 6.45) is 1.85. The van der Waals surface area contributed by atoms with Gasteiger partial charge in [-0.05, 0) is 57.7 Å². The summed E-state index contributed by atoms with van der Waals surface area (Å²) in [6, 6.07) is 19.6. The monoisotopic (exact) mass is 494 g/mol. The average molecular weight is 495 g/mol. The van der Waals surface area contributed by atoms with E-state index in [0.29, 0.717) is 22.6 Å². The van der Waals surface area contributed by atoms with E-state index in [1.165, 1.54) is 5.56 Å². The Balaban J connectivity index is 1.70. The van der Waals surface area contributed by atoms with Gasteiger partial charge in [-0.15, -0.1) is 0 Å². The lowest BCUT2D eigenvalue weighted by atomic mass is 9.90. The third kappa shape index (κ3) is 4.62. The predicted molar refractivity (Wildman–Crippen MR) is 128 cm³/mol. The number of hydrogen-bond donors (Lipinski definition) is 1. The normalized spacial score (nSPS) is 12.0. The third-order valence-electron chi connectivity index (χ3n) is 5.49. The Bertz CT molecular complexity index is 1250. The van der Waals surface area contributed by atoms with Gasteiger partial charge in [-0.25, -0.2) is 0 Å². The lowest BCUT2D eigenvalue weighted by Crippen LogP contribution is -2.14. The van der Waals surface area contributed by atoms with Crippen LogP contribution in [0.2, 0.25) is 0 Å². The largest absolute Gasteiger partial charge is 0.493 e. The SMILES string of the molecule is COc1cc([C@@H](C[N+](=O)[O-])c2c[nH]c3ccccc23)cc(Br)c1OCc1ccc(C)cc1. The van der Waals surface area contributed by atoms with Gasteiger partial charge in [0.1, 0.15) is 6.61 Å². The number of benzene rings is 3. The molecule has 1 aromatic heterocycles. The molecule has 0 unspecified atom stereocenters. The van der Waals surface area contributed by atoms with Crippen LogP contribution in [0.1, 0.15) is 28.2 Å². The molecule has 0 aliphatic rings. The lowest BCUT2D eigenvalue weighted by molar-refractivity contribution is -0.481. The molecule has 0 saturated heterocycles. The van der Waals surface area contributed by atoms with Gasteiger partial charge in [0.15, 0.2) is 11.5 Å². The summed E-state index contributed by atoms with van der Waals surface area (Å²) in [7, 11) is 1.57. The Morgan fingerprint density at radius 1 is 1.12 bits per heavy atom. The number of nitrogens with zero attached hydrogens (tertiary/aromatic N) is 1. The van der Waals surface area contributed by atoms with Crippen LogP contribution in [0.5, 0.6) is 11.5 Å². The summed E-state index contributed by atoms with van der Waals surface area (Å²) in [5.41, 5.74) is 4.82. The molecule has 1 atom stereocenters. The predicted octanol–water partition coefficient (Wildman–Crippen LogP) is 6.24. The number of H-pyrrole nitrogens is 1. The maximum atomic E-state index is 11.5. The first kappa shape index (κ1) is 21.9. The molecule has 3 aromatic carbocycles. The van der Waals surface area contributed by atoms with E-state index in [1.807, 2.05) is 73.8 Å². The van der Waals surface area contributed by atoms with E-state index in [-0.39, 0.29) is 11.5 Å². The van der Waals surface area contributed by atoms with Gasteiger partial charge in [-0.2, -0.15) is 0 Å². The van der Waals surface area contributed by atoms with Crippen LogP contribution in [-0.2, 0) is 6.61 Å². The molecular formula is C25H23BrN2O4. The topological polar surface area (TPSA) is 77.4 Å². The molecular weight excluding hydrogens is 472 g/mol. The number of nitrogens with one attached hydrogen (secondary N) is 1. The number of hydrogen-bond acceptors (Lipinski definition) is 4. The van der Waals surface area contributed by atoms with Crippen molar-refractivity contribution in [2.75, 3.05) is 13.7 Å². The number of rotatable bonds is 8. The van der Waals surface area contributed by atoms with Crippen LogP contribution in [0, 0.1) is 17.0 Å². The van der Waals surface area contributed by atoms with Crippen molar-refractivity contribution in [3.63, 3.8) is 0 Å². The molecule has 0 fully saturated rings. The van der Waals surface area contributed by atoms with Gasteiger partial charge in [0, 0.05) is 22.0 Å². The summed E-state index contributed by atoms with van der Waals surface area (Å²) >= 11 is 3.59. The Hall–Kier alpha value is -3.32. The quantitative estimate of drug-likeness (QED) is 0.232. The van der Waals surface area contributed by atoms with Crippen LogP contribution < -0.4 is 9.47 Å². The zero-order chi connectivity index (χ0) is 22.7. The molecule has 32 heavy (non-hydrogen) atoms. The van der Waals surface area contributed by atoms with Crippen molar-refractivity contribution in [1.82, 2.24) is 4.98 Å². The minimum atomic E-state index is -0.447. The fourth-order valence-corrected chi connectivity index (χ4v) is 4.41. The fraction of sp³-hybridized carbons (Fsp3) is 0.200. The second kappa shape index (κ2) is 9.44. The van der Waals surface area contributed by atoms with E-state index in [2.05, 4.69) is 20.9 Å². The van der Waals surface area contributed by atoms with E-state index in [0.717, 1.165) is 27.6 Å². The first-order chi connectivity index (χ1) is 15.5. The molecule has 6 nitrogen and oxygen atoms in total. The van der Waals surface area contributed by atoms with Crippen molar-refractivity contribution in [3.05, 3.63) is 104 Å². The number of para-hydroxylation sites is 1. The molecule has 1 heterocycles. The Kier molecular flexibility index (Phi) is 6.46. The van der Waals surface area contributed by atoms with Crippen molar-refractivity contribution in [3.8, 4) is 11.5 Å². The molecule has 4 aromatic rings. The van der Waals surface area contributed by atoms with Crippen molar-refractivity contribution >= 4 is 26.8 Å². The average Bonchev–Trinajstić information content (AvgIpc) is 3.21. The second-order valence-electron chi connectivity index (χ2n) is 7.67. The molecule has 0 radical (unpaired) electrons. The number of methoxy groups -OCH3 is 1. The molecule has 4 rings (SSSR count). The fourth-order valence-electron chi connectivity index (χ4n) is 3.84. The molecule has 0 spiro atoms. The molecule has 0 saturated carbocycles. The van der Waals surface area contributed by atoms with Gasteiger partial charge in [0.25, 0.3) is 0 Å². The first-order valence-corrected chi connectivity index (χ1v) is 11.0. The molecule has 0 aliphatic heterocycles. The second-order valence-corrected chi connectivity index (χ2v) is 8.52. The number of ether oxygens (including phenoxy) is 2. The smallest absolute Gasteiger partial charge is 0.214 e. The highest BCUT2D eigenvalue weighted by Crippen LogP contribution is 2.41. The third-order valence-corrected chi connectivity index (χ3v) is 6.08. The minimum absolute atomic E-state index is 0.235. The van der Waals surface area contributed by atoms with Crippen molar-refractivity contribution < 1.29 is 14.4 Å². The summed E-state index contributed by atoms with van der Waals surface area (Å²) in [5, 5.41) is 12.5. The number of aromatic nitrogens is 1. The van der Waals surface area contributed by atoms with Crippen LogP contribution in [0.3, 0.4) is 0 Å². The molecule has 7 heteroatoms. The van der Waals surface area contributed by atoms with E-state index in [4.69, 9.17) is 9.47 Å². The van der Waals surface area contributed by atoms with E-state index in [1.54, 1.807) is 7.11 Å². The number of halogens is 1. The standard InChI is InChI=1S/C25H23BrN2O4/c1-16-7-9-17(10-8-16)15-32-25-22(26)11-18(12-24(25)31-2)21(14-28(29)30)20-13-27-23-6-4-3-5-19(20)23/h3-13,21,27H,14-15H2,1-2H3/t21-/m1/s1. The van der Waals surface area contributed by atoms with Gasteiger partial charge in [0.2, 0.25) is 6.54 Å². The van der Waals surface area contributed by atoms with Crippen molar-refractivity contribution in [2.45, 2.75) is 19.4 Å². The first-order valence-electron chi connectivity index (χ1n) is 10.2. The van der Waals surface area contributed by atoms with Gasteiger partial charge < -0.3 is 14.5 Å². The van der Waals surface area contributed by atoms with Crippen LogP contribution in [0.4, 0.5) is 0 Å². The van der Waals surface area contributed by atoms with Gasteiger partial charge in [-0.3, -0.25) is 10.1 Å². The molecule has 164 valence electrons. The summed E-state index contributed by atoms with van der Waals surface area (Å²) in [4.78, 5) is 14.5. The maximum Gasteiger partial charge on any atom is 0.214 e. The number of aromatic amines is 1. The van der Waals surface area contributed by atoms with Crippen molar-refractivity contribution in [2.24, 2.45) is 0 Å². The highest BCUT2D eigenvalue weighted by atomic mass is 79.9. The molecule has 0 bridgehead atoms. The van der Waals surface area contributed by atoms with E-state index in [9.17, 15) is 10.1 Å². The summed E-state index contributed by atoms with van der Waals surface area (Å²) in [5.74, 6) is 0.641. The molecule has 1 N–H and O–H groups in total. The highest BCUT2D eigenvalue weighted by Gasteiger charge is 2.26. The van der Waals surface area contributed by atoms with Crippen LogP contribution in [-0.4, -0.2) is 23.6 Å². The minimum Gasteiger partial charge on any atom is -0.493 e. The van der Waals surface area contributed by atoms with E-state index < -0.39 is 5.92 Å². The molecule has 0 amide bonds.